The zero-order chi connectivity index (χ0) is 26.9. The molecule has 8 nitrogen and oxygen atoms in total. The van der Waals surface area contributed by atoms with E-state index in [1.165, 1.54) is 11.1 Å². The summed E-state index contributed by atoms with van der Waals surface area (Å²) in [6.07, 6.45) is 1.66. The van der Waals surface area contributed by atoms with E-state index in [4.69, 9.17) is 5.10 Å². The van der Waals surface area contributed by atoms with Gasteiger partial charge < -0.3 is 9.80 Å². The smallest absolute Gasteiger partial charge is 0.225 e. The van der Waals surface area contributed by atoms with Gasteiger partial charge in [-0.15, -0.1) is 5.10 Å². The summed E-state index contributed by atoms with van der Waals surface area (Å²) >= 11 is 0. The minimum Gasteiger partial charge on any atom is -0.353 e. The van der Waals surface area contributed by atoms with Crippen LogP contribution >= 0.6 is 0 Å². The predicted molar refractivity (Wildman–Crippen MR) is 154 cm³/mol. The number of hydrogen-bond donors (Lipinski definition) is 0. The number of benzene rings is 2. The lowest BCUT2D eigenvalue weighted by molar-refractivity contribution is -0.138. The van der Waals surface area contributed by atoms with Crippen molar-refractivity contribution in [1.82, 2.24) is 29.8 Å². The molecule has 2 aliphatic heterocycles. The fourth-order valence-corrected chi connectivity index (χ4v) is 6.03. The number of carbonyl (C=O) groups is 1. The molecule has 2 aromatic carbocycles. The van der Waals surface area contributed by atoms with Crippen LogP contribution in [0.5, 0.6) is 0 Å². The Balaban J connectivity index is 1.11. The van der Waals surface area contributed by atoms with E-state index in [2.05, 4.69) is 93.3 Å². The molecule has 202 valence electrons. The minimum absolute atomic E-state index is 0.0719. The van der Waals surface area contributed by atoms with Crippen LogP contribution in [0.25, 0.3) is 16.6 Å². The summed E-state index contributed by atoms with van der Waals surface area (Å²) in [6.45, 7) is 12.2. The van der Waals surface area contributed by atoms with Gasteiger partial charge in [0.1, 0.15) is 5.52 Å². The van der Waals surface area contributed by atoms with Crippen LogP contribution in [-0.2, 0) is 11.3 Å². The highest BCUT2D eigenvalue weighted by Crippen LogP contribution is 2.32. The molecule has 39 heavy (non-hydrogen) atoms. The second kappa shape index (κ2) is 10.8. The molecule has 4 aromatic rings. The van der Waals surface area contributed by atoms with Crippen LogP contribution in [0.3, 0.4) is 0 Å². The lowest BCUT2D eigenvalue weighted by Crippen LogP contribution is -2.51. The van der Waals surface area contributed by atoms with E-state index in [0.717, 1.165) is 92.5 Å². The number of piperidine rings is 1. The molecule has 8 heteroatoms. The van der Waals surface area contributed by atoms with Gasteiger partial charge >= 0.3 is 0 Å². The van der Waals surface area contributed by atoms with E-state index in [-0.39, 0.29) is 5.92 Å². The van der Waals surface area contributed by atoms with Crippen LogP contribution in [0, 0.1) is 26.7 Å². The molecule has 0 N–H and O–H groups in total. The zero-order valence-electron chi connectivity index (χ0n) is 23.2. The maximum absolute atomic E-state index is 13.4. The van der Waals surface area contributed by atoms with Crippen molar-refractivity contribution in [3.05, 3.63) is 77.1 Å². The van der Waals surface area contributed by atoms with Crippen molar-refractivity contribution in [3.8, 4) is 5.69 Å². The minimum atomic E-state index is 0.0719. The summed E-state index contributed by atoms with van der Waals surface area (Å²) in [6, 6.07) is 19.0. The molecule has 2 aliphatic rings. The number of piperazine rings is 1. The van der Waals surface area contributed by atoms with Crippen LogP contribution < -0.4 is 4.90 Å². The number of aryl methyl sites for hydroxylation is 3. The Kier molecular flexibility index (Phi) is 7.04. The highest BCUT2D eigenvalue weighted by molar-refractivity contribution is 5.92. The monoisotopic (exact) mass is 523 g/mol. The Morgan fingerprint density at radius 1 is 0.846 bits per heavy atom. The van der Waals surface area contributed by atoms with Gasteiger partial charge in [-0.2, -0.15) is 10.2 Å². The number of anilines is 1. The van der Waals surface area contributed by atoms with E-state index in [1.54, 1.807) is 0 Å². The van der Waals surface area contributed by atoms with Gasteiger partial charge in [0.15, 0.2) is 5.82 Å². The third-order valence-electron chi connectivity index (χ3n) is 8.34. The van der Waals surface area contributed by atoms with Gasteiger partial charge in [0.2, 0.25) is 5.91 Å². The summed E-state index contributed by atoms with van der Waals surface area (Å²) in [5, 5.41) is 15.2. The summed E-state index contributed by atoms with van der Waals surface area (Å²) in [7, 11) is 0. The topological polar surface area (TPSA) is 70.4 Å². The molecule has 0 unspecified atom stereocenters. The number of amides is 1. The third-order valence-corrected chi connectivity index (χ3v) is 8.34. The van der Waals surface area contributed by atoms with Gasteiger partial charge in [0.25, 0.3) is 0 Å². The first-order valence-electron chi connectivity index (χ1n) is 14.1. The van der Waals surface area contributed by atoms with Crippen molar-refractivity contribution < 1.29 is 4.79 Å². The van der Waals surface area contributed by atoms with Gasteiger partial charge in [-0.3, -0.25) is 9.69 Å². The van der Waals surface area contributed by atoms with Crippen molar-refractivity contribution >= 4 is 22.6 Å². The van der Waals surface area contributed by atoms with Crippen LogP contribution in [0.2, 0.25) is 0 Å². The van der Waals surface area contributed by atoms with E-state index in [0.29, 0.717) is 5.91 Å². The van der Waals surface area contributed by atoms with Gasteiger partial charge in [0.05, 0.1) is 22.5 Å². The van der Waals surface area contributed by atoms with Gasteiger partial charge in [-0.25, -0.2) is 4.68 Å². The lowest BCUT2D eigenvalue weighted by atomic mass is 9.94. The van der Waals surface area contributed by atoms with Crippen LogP contribution in [0.4, 0.5) is 5.82 Å². The zero-order valence-corrected chi connectivity index (χ0v) is 23.2. The Hall–Kier alpha value is -3.78. The number of fused-ring (bicyclic) bond motifs is 1. The average Bonchev–Trinajstić information content (AvgIpc) is 3.32. The van der Waals surface area contributed by atoms with Crippen LogP contribution in [0.1, 0.15) is 35.4 Å². The first kappa shape index (κ1) is 25.5. The molecule has 2 saturated heterocycles. The van der Waals surface area contributed by atoms with Gasteiger partial charge in [-0.1, -0.05) is 48.0 Å². The quantitative estimate of drug-likeness (QED) is 0.389. The SMILES string of the molecule is Cc1ccc(-n2nc3c(N4CCC(C(=O)N5CCN(Cc6ccccc6)CC5)CC4)nnc(C)c3c2C)cc1. The molecule has 6 rings (SSSR count). The Labute approximate surface area is 230 Å². The molecule has 2 aromatic heterocycles. The summed E-state index contributed by atoms with van der Waals surface area (Å²) < 4.78 is 2.00. The number of nitrogens with zero attached hydrogens (tertiary/aromatic N) is 7. The van der Waals surface area contributed by atoms with Gasteiger partial charge in [0, 0.05) is 51.7 Å². The predicted octanol–water partition coefficient (Wildman–Crippen LogP) is 4.30. The number of aromatic nitrogens is 4. The second-order valence-electron chi connectivity index (χ2n) is 11.0. The normalized spacial score (nSPS) is 17.2. The highest BCUT2D eigenvalue weighted by Gasteiger charge is 2.32. The maximum atomic E-state index is 13.4. The number of rotatable bonds is 5. The standard InChI is InChI=1S/C31H37N7O/c1-22-9-11-27(12-10-22)38-24(3)28-23(2)32-33-30(29(28)34-38)36-15-13-26(14-16-36)31(39)37-19-17-35(18-20-37)21-25-7-5-4-6-8-25/h4-12,26H,13-21H2,1-3H3. The third kappa shape index (κ3) is 5.13. The highest BCUT2D eigenvalue weighted by atomic mass is 16.2. The molecule has 1 amide bonds. The van der Waals surface area contributed by atoms with Crippen molar-refractivity contribution in [2.45, 2.75) is 40.2 Å². The summed E-state index contributed by atoms with van der Waals surface area (Å²) in [5.74, 6) is 1.21. The Morgan fingerprint density at radius 3 is 2.23 bits per heavy atom. The molecule has 0 radical (unpaired) electrons. The largest absolute Gasteiger partial charge is 0.353 e. The van der Waals surface area contributed by atoms with Gasteiger partial charge in [-0.05, 0) is 51.3 Å². The average molecular weight is 524 g/mol. The van der Waals surface area contributed by atoms with E-state index >= 15 is 0 Å². The molecule has 0 bridgehead atoms. The maximum Gasteiger partial charge on any atom is 0.225 e. The fourth-order valence-electron chi connectivity index (χ4n) is 6.03. The molecular weight excluding hydrogens is 486 g/mol. The molecule has 0 atom stereocenters. The fraction of sp³-hybridized carbons (Fsp3) is 0.419. The summed E-state index contributed by atoms with van der Waals surface area (Å²) in [4.78, 5) is 20.2. The van der Waals surface area contributed by atoms with Crippen molar-refractivity contribution in [1.29, 1.82) is 0 Å². The Morgan fingerprint density at radius 2 is 1.54 bits per heavy atom. The number of hydrogen-bond acceptors (Lipinski definition) is 6. The first-order chi connectivity index (χ1) is 19.0. The van der Waals surface area contributed by atoms with Crippen molar-refractivity contribution in [2.75, 3.05) is 44.2 Å². The molecule has 0 aliphatic carbocycles. The van der Waals surface area contributed by atoms with Crippen molar-refractivity contribution in [2.24, 2.45) is 5.92 Å². The Bertz CT molecular complexity index is 1450. The van der Waals surface area contributed by atoms with Crippen molar-refractivity contribution in [3.63, 3.8) is 0 Å². The second-order valence-corrected chi connectivity index (χ2v) is 11.0. The lowest BCUT2D eigenvalue weighted by Gasteiger charge is -2.38. The van der Waals surface area contributed by atoms with E-state index < -0.39 is 0 Å². The molecule has 4 heterocycles. The molecule has 2 fully saturated rings. The van der Waals surface area contributed by atoms with Crippen LogP contribution in [0.15, 0.2) is 54.6 Å². The first-order valence-corrected chi connectivity index (χ1v) is 14.1. The molecule has 0 saturated carbocycles. The van der Waals surface area contributed by atoms with E-state index in [1.807, 2.05) is 11.6 Å². The number of carbonyl (C=O) groups excluding carboxylic acids is 1. The van der Waals surface area contributed by atoms with Crippen LogP contribution in [-0.4, -0.2) is 75.0 Å². The molecule has 0 spiro atoms. The van der Waals surface area contributed by atoms with E-state index in [9.17, 15) is 4.79 Å². The summed E-state index contributed by atoms with van der Waals surface area (Å²) in [5.41, 5.74) is 6.43. The molecular formula is C31H37N7O.